The number of thiazole rings is 1. The molecular weight excluding hydrogens is 346 g/mol. The number of anilines is 1. The normalized spacial score (nSPS) is 13.9. The predicted molar refractivity (Wildman–Crippen MR) is 104 cm³/mol. The van der Waals surface area contributed by atoms with Crippen LogP contribution in [0.5, 0.6) is 5.75 Å². The Kier molecular flexibility index (Phi) is 4.58. The van der Waals surface area contributed by atoms with Crippen LogP contribution in [0.1, 0.15) is 13.3 Å². The van der Waals surface area contributed by atoms with E-state index in [0.29, 0.717) is 5.75 Å². The number of benzene rings is 2. The van der Waals surface area contributed by atoms with Gasteiger partial charge < -0.3 is 14.6 Å². The summed E-state index contributed by atoms with van der Waals surface area (Å²) in [5.74, 6) is 0.584. The molecule has 0 fully saturated rings. The average Bonchev–Trinajstić information content (AvgIpc) is 3.05. The molecule has 0 aliphatic carbocycles. The molecule has 1 aliphatic heterocycles. The number of carbonyl (C=O) groups is 1. The van der Waals surface area contributed by atoms with Gasteiger partial charge >= 0.3 is 0 Å². The smallest absolute Gasteiger partial charge is 0.262 e. The SMILES string of the molecule is CCCn1c(-c2ccc3c(c2)NC(=O)CO3)csc1=Nc1ccccc1. The quantitative estimate of drug-likeness (QED) is 0.754. The number of ether oxygens (including phenoxy) is 1. The van der Waals surface area contributed by atoms with Crippen LogP contribution in [0, 0.1) is 0 Å². The third-order valence-corrected chi connectivity index (χ3v) is 5.00. The van der Waals surface area contributed by atoms with Crippen LogP contribution in [-0.4, -0.2) is 17.1 Å². The summed E-state index contributed by atoms with van der Waals surface area (Å²) in [6, 6.07) is 15.9. The van der Waals surface area contributed by atoms with Gasteiger partial charge in [0.2, 0.25) is 0 Å². The minimum absolute atomic E-state index is 0.0702. The number of amides is 1. The van der Waals surface area contributed by atoms with Crippen molar-refractivity contribution in [3.8, 4) is 17.0 Å². The highest BCUT2D eigenvalue weighted by atomic mass is 32.1. The lowest BCUT2D eigenvalue weighted by atomic mass is 10.1. The number of hydrogen-bond acceptors (Lipinski definition) is 4. The zero-order chi connectivity index (χ0) is 17.9. The molecule has 0 saturated heterocycles. The first-order chi connectivity index (χ1) is 12.7. The van der Waals surface area contributed by atoms with Gasteiger partial charge in [-0.05, 0) is 36.8 Å². The standard InChI is InChI=1S/C20H19N3O2S/c1-2-10-23-17(13-26-20(23)21-15-6-4-3-5-7-15)14-8-9-18-16(11-14)22-19(24)12-25-18/h3-9,11,13H,2,10,12H2,1H3,(H,22,24). The van der Waals surface area contributed by atoms with Crippen LogP contribution in [0.2, 0.25) is 0 Å². The molecule has 0 bridgehead atoms. The van der Waals surface area contributed by atoms with Crippen LogP contribution < -0.4 is 14.9 Å². The Morgan fingerprint density at radius 3 is 2.88 bits per heavy atom. The molecule has 2 aromatic carbocycles. The van der Waals surface area contributed by atoms with Crippen LogP contribution in [0.4, 0.5) is 11.4 Å². The van der Waals surface area contributed by atoms with E-state index in [1.165, 1.54) is 0 Å². The Morgan fingerprint density at radius 1 is 1.23 bits per heavy atom. The molecule has 1 N–H and O–H groups in total. The lowest BCUT2D eigenvalue weighted by Crippen LogP contribution is -2.25. The largest absolute Gasteiger partial charge is 0.482 e. The van der Waals surface area contributed by atoms with Crippen molar-refractivity contribution in [1.82, 2.24) is 4.57 Å². The first-order valence-corrected chi connectivity index (χ1v) is 9.48. The first kappa shape index (κ1) is 16.6. The summed E-state index contributed by atoms with van der Waals surface area (Å²) in [4.78, 5) is 17.4. The van der Waals surface area contributed by atoms with Crippen LogP contribution in [0.3, 0.4) is 0 Å². The summed E-state index contributed by atoms with van der Waals surface area (Å²) in [5, 5.41) is 4.99. The molecular formula is C20H19N3O2S. The van der Waals surface area contributed by atoms with Gasteiger partial charge in [-0.2, -0.15) is 0 Å². The van der Waals surface area contributed by atoms with Crippen LogP contribution in [0.25, 0.3) is 11.3 Å². The van der Waals surface area contributed by atoms with E-state index in [1.54, 1.807) is 11.3 Å². The Labute approximate surface area is 155 Å². The number of aromatic nitrogens is 1. The van der Waals surface area contributed by atoms with Crippen molar-refractivity contribution >= 4 is 28.6 Å². The molecule has 2 heterocycles. The fourth-order valence-electron chi connectivity index (χ4n) is 2.94. The molecule has 132 valence electrons. The zero-order valence-electron chi connectivity index (χ0n) is 14.4. The molecule has 1 aliphatic rings. The van der Waals surface area contributed by atoms with Crippen molar-refractivity contribution < 1.29 is 9.53 Å². The van der Waals surface area contributed by atoms with Crippen molar-refractivity contribution in [1.29, 1.82) is 0 Å². The second-order valence-electron chi connectivity index (χ2n) is 6.05. The average molecular weight is 365 g/mol. The van der Waals surface area contributed by atoms with E-state index in [1.807, 2.05) is 48.5 Å². The summed E-state index contributed by atoms with van der Waals surface area (Å²) in [6.07, 6.45) is 1.01. The van der Waals surface area contributed by atoms with Crippen molar-refractivity contribution in [3.05, 3.63) is 58.7 Å². The van der Waals surface area contributed by atoms with Crippen molar-refractivity contribution in [2.24, 2.45) is 4.99 Å². The van der Waals surface area contributed by atoms with Gasteiger partial charge in [-0.15, -0.1) is 11.3 Å². The fourth-order valence-corrected chi connectivity index (χ4v) is 3.90. The highest BCUT2D eigenvalue weighted by Crippen LogP contribution is 2.33. The number of nitrogens with one attached hydrogen (secondary N) is 1. The second-order valence-corrected chi connectivity index (χ2v) is 6.89. The Hall–Kier alpha value is -2.86. The molecule has 0 spiro atoms. The monoisotopic (exact) mass is 365 g/mol. The first-order valence-electron chi connectivity index (χ1n) is 8.60. The fraction of sp³-hybridized carbons (Fsp3) is 0.200. The van der Waals surface area contributed by atoms with Gasteiger partial charge in [0.1, 0.15) is 5.75 Å². The summed E-state index contributed by atoms with van der Waals surface area (Å²) in [6.45, 7) is 3.10. The van der Waals surface area contributed by atoms with Gasteiger partial charge in [0.25, 0.3) is 5.91 Å². The molecule has 3 aromatic rings. The van der Waals surface area contributed by atoms with Gasteiger partial charge in [-0.25, -0.2) is 4.99 Å². The second kappa shape index (κ2) is 7.17. The molecule has 6 heteroatoms. The molecule has 0 unspecified atom stereocenters. The summed E-state index contributed by atoms with van der Waals surface area (Å²) >= 11 is 1.62. The number of carbonyl (C=O) groups excluding carboxylic acids is 1. The minimum atomic E-state index is -0.124. The predicted octanol–water partition coefficient (Wildman–Crippen LogP) is 4.19. The van der Waals surface area contributed by atoms with Crippen molar-refractivity contribution in [3.63, 3.8) is 0 Å². The molecule has 0 radical (unpaired) electrons. The maximum atomic E-state index is 11.6. The molecule has 4 rings (SSSR count). The highest BCUT2D eigenvalue weighted by Gasteiger charge is 2.17. The van der Waals surface area contributed by atoms with E-state index in [2.05, 4.69) is 22.2 Å². The zero-order valence-corrected chi connectivity index (χ0v) is 15.3. The van der Waals surface area contributed by atoms with Crippen molar-refractivity contribution in [2.45, 2.75) is 19.9 Å². The molecule has 26 heavy (non-hydrogen) atoms. The molecule has 1 aromatic heterocycles. The van der Waals surface area contributed by atoms with E-state index in [0.717, 1.165) is 40.4 Å². The lowest BCUT2D eigenvalue weighted by molar-refractivity contribution is -0.118. The van der Waals surface area contributed by atoms with E-state index in [4.69, 9.17) is 9.73 Å². The van der Waals surface area contributed by atoms with E-state index < -0.39 is 0 Å². The number of rotatable bonds is 4. The van der Waals surface area contributed by atoms with Crippen LogP contribution in [-0.2, 0) is 11.3 Å². The minimum Gasteiger partial charge on any atom is -0.482 e. The van der Waals surface area contributed by atoms with Crippen LogP contribution in [0.15, 0.2) is 58.9 Å². The molecule has 0 saturated carbocycles. The van der Waals surface area contributed by atoms with E-state index in [9.17, 15) is 4.79 Å². The van der Waals surface area contributed by atoms with Crippen molar-refractivity contribution in [2.75, 3.05) is 11.9 Å². The van der Waals surface area contributed by atoms with Gasteiger partial charge in [0.05, 0.1) is 17.1 Å². The summed E-state index contributed by atoms with van der Waals surface area (Å²) in [5.41, 5.74) is 3.79. The Bertz CT molecular complexity index is 1010. The lowest BCUT2D eigenvalue weighted by Gasteiger charge is -2.18. The number of nitrogens with zero attached hydrogens (tertiary/aromatic N) is 2. The molecule has 5 nitrogen and oxygen atoms in total. The maximum Gasteiger partial charge on any atom is 0.262 e. The van der Waals surface area contributed by atoms with Gasteiger partial charge in [0.15, 0.2) is 11.4 Å². The third-order valence-electron chi connectivity index (χ3n) is 4.13. The van der Waals surface area contributed by atoms with Gasteiger partial charge in [0, 0.05) is 17.5 Å². The third kappa shape index (κ3) is 3.28. The molecule has 0 atom stereocenters. The Morgan fingerprint density at radius 2 is 2.08 bits per heavy atom. The topological polar surface area (TPSA) is 55.6 Å². The number of fused-ring (bicyclic) bond motifs is 1. The summed E-state index contributed by atoms with van der Waals surface area (Å²) in [7, 11) is 0. The number of para-hydroxylation sites is 1. The maximum absolute atomic E-state index is 11.6. The van der Waals surface area contributed by atoms with Gasteiger partial charge in [-0.3, -0.25) is 4.79 Å². The summed E-state index contributed by atoms with van der Waals surface area (Å²) < 4.78 is 7.68. The highest BCUT2D eigenvalue weighted by molar-refractivity contribution is 7.07. The van der Waals surface area contributed by atoms with Gasteiger partial charge in [-0.1, -0.05) is 25.1 Å². The van der Waals surface area contributed by atoms with E-state index in [-0.39, 0.29) is 12.5 Å². The van der Waals surface area contributed by atoms with Crippen LogP contribution >= 0.6 is 11.3 Å². The van der Waals surface area contributed by atoms with E-state index >= 15 is 0 Å². The molecule has 1 amide bonds. The Balaban J connectivity index is 1.79. The number of hydrogen-bond donors (Lipinski definition) is 1.